The molecule has 304 valence electrons. The van der Waals surface area contributed by atoms with Gasteiger partial charge in [0.2, 0.25) is 17.8 Å². The molecule has 5 rings (SSSR count). The number of methoxy groups -OCH3 is 1. The molecule has 1 fully saturated rings. The van der Waals surface area contributed by atoms with E-state index in [4.69, 9.17) is 34.2 Å². The smallest absolute Gasteiger partial charge is 0.342 e. The lowest BCUT2D eigenvalue weighted by Gasteiger charge is -2.48. The number of nitrogens with two attached hydrogens (primary N) is 1. The third kappa shape index (κ3) is 8.71. The van der Waals surface area contributed by atoms with Crippen LogP contribution < -0.4 is 35.3 Å². The fourth-order valence-electron chi connectivity index (χ4n) is 6.34. The number of nitrogens with one attached hydrogen (secondary N) is 2. The van der Waals surface area contributed by atoms with Gasteiger partial charge in [-0.15, -0.1) is 0 Å². The molecule has 0 radical (unpaired) electrons. The molecular weight excluding hydrogens is 740 g/mol. The fraction of sp³-hybridized carbons (Fsp3) is 0.432. The van der Waals surface area contributed by atoms with Gasteiger partial charge in [0.25, 0.3) is 0 Å². The largest absolute Gasteiger partial charge is 0.504 e. The zero-order chi connectivity index (χ0) is 40.7. The molecule has 0 aromatic heterocycles. The van der Waals surface area contributed by atoms with Gasteiger partial charge in [-0.3, -0.25) is 4.99 Å². The number of anilines is 1. The van der Waals surface area contributed by atoms with Crippen LogP contribution in [0.2, 0.25) is 0 Å². The number of ether oxygens (including phenoxy) is 6. The number of nitrogens with zero attached hydrogens (tertiary/aromatic N) is 1. The van der Waals surface area contributed by atoms with Crippen LogP contribution >= 0.6 is 0 Å². The number of aliphatic imine (C=N–C) groups is 1. The van der Waals surface area contributed by atoms with Crippen molar-refractivity contribution in [2.45, 2.75) is 62.4 Å². The van der Waals surface area contributed by atoms with E-state index < -0.39 is 72.0 Å². The summed E-state index contributed by atoms with van der Waals surface area (Å²) >= 11 is 0. The number of carboxylic acids is 1. The number of esters is 1. The van der Waals surface area contributed by atoms with Gasteiger partial charge in [0.15, 0.2) is 35.7 Å². The topological polar surface area (TPSA) is 294 Å². The van der Waals surface area contributed by atoms with E-state index in [-0.39, 0.29) is 78.4 Å². The summed E-state index contributed by atoms with van der Waals surface area (Å²) in [5, 5.41) is 81.1. The number of cyclic esters (lactones) is 1. The number of hydrogen-bond donors (Lipinski definition) is 10. The van der Waals surface area contributed by atoms with Crippen LogP contribution in [0.3, 0.4) is 0 Å². The Morgan fingerprint density at radius 3 is 2.46 bits per heavy atom. The minimum Gasteiger partial charge on any atom is -0.504 e. The number of carbonyl (C=O) groups is 2. The van der Waals surface area contributed by atoms with Gasteiger partial charge in [-0.05, 0) is 25.3 Å². The number of hydrogen-bond acceptors (Lipinski definition) is 16. The molecule has 3 aromatic carbocycles. The Hall–Kier alpha value is -5.73. The highest BCUT2D eigenvalue weighted by Gasteiger charge is 2.56. The second kappa shape index (κ2) is 17.8. The maximum atomic E-state index is 13.6. The Bertz CT molecular complexity index is 1910. The molecule has 2 heterocycles. The Morgan fingerprint density at radius 1 is 1.07 bits per heavy atom. The zero-order valence-electron chi connectivity index (χ0n) is 30.8. The summed E-state index contributed by atoms with van der Waals surface area (Å²) in [4.78, 5) is 29.6. The molecule has 1 saturated heterocycles. The third-order valence-electron chi connectivity index (χ3n) is 9.39. The van der Waals surface area contributed by atoms with E-state index >= 15 is 0 Å². The zero-order valence-corrected chi connectivity index (χ0v) is 30.8. The number of aliphatic hydroxyl groups excluding tert-OH is 4. The number of phenolic OH excluding ortho intramolecular Hbond substituents is 2. The highest BCUT2D eigenvalue weighted by molar-refractivity contribution is 5.97. The van der Waals surface area contributed by atoms with Gasteiger partial charge >= 0.3 is 11.9 Å². The van der Waals surface area contributed by atoms with Crippen LogP contribution in [0.4, 0.5) is 5.69 Å². The lowest BCUT2D eigenvalue weighted by Crippen LogP contribution is -2.67. The van der Waals surface area contributed by atoms with E-state index in [1.165, 1.54) is 20.2 Å². The Labute approximate surface area is 320 Å². The van der Waals surface area contributed by atoms with E-state index in [1.807, 2.05) is 30.3 Å². The van der Waals surface area contributed by atoms with Crippen LogP contribution in [0.1, 0.15) is 45.2 Å². The molecule has 11 N–H and O–H groups in total. The number of aromatic carboxylic acids is 1. The molecule has 56 heavy (non-hydrogen) atoms. The van der Waals surface area contributed by atoms with E-state index in [0.29, 0.717) is 6.42 Å². The van der Waals surface area contributed by atoms with Crippen molar-refractivity contribution < 1.29 is 73.8 Å². The monoisotopic (exact) mass is 786 g/mol. The predicted octanol–water partition coefficient (Wildman–Crippen LogP) is 0.449. The first kappa shape index (κ1) is 41.4. The number of aliphatic hydroxyl groups is 4. The number of guanidine groups is 1. The number of rotatable bonds is 14. The molecule has 3 aromatic rings. The highest BCUT2D eigenvalue weighted by Crippen LogP contribution is 2.51. The average Bonchev–Trinajstić information content (AvgIpc) is 3.18. The van der Waals surface area contributed by atoms with Gasteiger partial charge in [0.05, 0.1) is 31.6 Å². The highest BCUT2D eigenvalue weighted by atomic mass is 16.7. The summed E-state index contributed by atoms with van der Waals surface area (Å²) < 4.78 is 34.7. The normalized spacial score (nSPS) is 22.8. The fourth-order valence-corrected chi connectivity index (χ4v) is 6.34. The quantitative estimate of drug-likeness (QED) is 0.0459. The first-order chi connectivity index (χ1) is 26.7. The van der Waals surface area contributed by atoms with Crippen molar-refractivity contribution in [1.29, 1.82) is 0 Å². The van der Waals surface area contributed by atoms with Gasteiger partial charge in [-0.1, -0.05) is 30.3 Å². The van der Waals surface area contributed by atoms with E-state index in [2.05, 4.69) is 15.6 Å². The lowest BCUT2D eigenvalue weighted by molar-refractivity contribution is -0.320. The van der Waals surface area contributed by atoms with Crippen molar-refractivity contribution in [3.05, 3.63) is 64.7 Å². The van der Waals surface area contributed by atoms with Crippen LogP contribution in [0.5, 0.6) is 34.5 Å². The van der Waals surface area contributed by atoms with E-state index in [0.717, 1.165) is 11.6 Å². The van der Waals surface area contributed by atoms with Gasteiger partial charge in [-0.2, -0.15) is 0 Å². The van der Waals surface area contributed by atoms with E-state index in [9.17, 15) is 45.3 Å². The van der Waals surface area contributed by atoms with Crippen molar-refractivity contribution in [3.8, 4) is 34.5 Å². The standard InChI is InChI=1S/C37H46N4O15/c1-18(15-42)41-22-14-24(23(13-21(22)33(48)49)54-17-40-36(38)39-2)55-35-28(45)27(44)32(47)37(56-35)11-9-20-25(34(50)53-16-37)26(43)31(29(46)30(20)51-3)52-12-10-19-7-5-4-6-8-19/h4-8,13-14,18,27-28,32,35,41-47H,9-12,15-17H2,1-3H3,(H,48,49)(H3,38,39,40)/t18-,27-,28-,32+,35+,37-/m1/s1. The number of carboxylic acid groups (broad SMARTS) is 1. The van der Waals surface area contributed by atoms with Crippen molar-refractivity contribution in [3.63, 3.8) is 0 Å². The molecule has 2 aliphatic heterocycles. The van der Waals surface area contributed by atoms with Crippen LogP contribution in [0.25, 0.3) is 0 Å². The maximum Gasteiger partial charge on any atom is 0.342 e. The first-order valence-corrected chi connectivity index (χ1v) is 17.5. The number of carbonyl (C=O) groups excluding carboxylic acids is 1. The third-order valence-corrected chi connectivity index (χ3v) is 9.39. The Balaban J connectivity index is 1.47. The maximum absolute atomic E-state index is 13.6. The molecule has 19 heteroatoms. The molecule has 0 bridgehead atoms. The predicted molar refractivity (Wildman–Crippen MR) is 197 cm³/mol. The van der Waals surface area contributed by atoms with Crippen molar-refractivity contribution in [1.82, 2.24) is 5.32 Å². The summed E-state index contributed by atoms with van der Waals surface area (Å²) in [6.07, 6.45) is -7.64. The number of phenols is 2. The molecule has 2 aliphatic rings. The summed E-state index contributed by atoms with van der Waals surface area (Å²) in [6.45, 7) is 0.202. The molecular formula is C37H46N4O15. The lowest BCUT2D eigenvalue weighted by atomic mass is 9.81. The molecule has 6 atom stereocenters. The minimum atomic E-state index is -1.97. The summed E-state index contributed by atoms with van der Waals surface area (Å²) in [7, 11) is 2.65. The molecule has 0 unspecified atom stereocenters. The minimum absolute atomic E-state index is 0.00319. The molecule has 1 spiro atoms. The average molecular weight is 787 g/mol. The Kier molecular flexibility index (Phi) is 13.2. The van der Waals surface area contributed by atoms with Gasteiger partial charge in [-0.25, -0.2) is 9.59 Å². The summed E-state index contributed by atoms with van der Waals surface area (Å²) in [5.74, 6) is -4.81. The molecule has 0 aliphatic carbocycles. The SMILES string of the molecule is CN=C(N)NCOc1cc(C(=O)O)c(N[C@H](C)CO)cc1O[C@H]1O[C@@]2(CCc3c(OC)c(O)c(OCCc4ccccc4)c(O)c3C(=O)OC2)[C@@H](O)[C@H](O)[C@H]1O. The summed E-state index contributed by atoms with van der Waals surface area (Å²) in [5.41, 5.74) is 3.96. The number of fused-ring (bicyclic) bond motifs is 1. The first-order valence-electron chi connectivity index (χ1n) is 17.5. The van der Waals surface area contributed by atoms with Gasteiger partial charge in [0.1, 0.15) is 36.1 Å². The van der Waals surface area contributed by atoms with Crippen molar-refractivity contribution in [2.75, 3.05) is 46.0 Å². The van der Waals surface area contributed by atoms with Gasteiger partial charge < -0.3 is 80.5 Å². The second-order valence-corrected chi connectivity index (χ2v) is 13.1. The van der Waals surface area contributed by atoms with Crippen molar-refractivity contribution in [2.24, 2.45) is 10.7 Å². The van der Waals surface area contributed by atoms with Crippen LogP contribution in [0, 0.1) is 0 Å². The number of aromatic hydroxyl groups is 2. The second-order valence-electron chi connectivity index (χ2n) is 13.1. The van der Waals surface area contributed by atoms with Gasteiger partial charge in [0, 0.05) is 37.2 Å². The Morgan fingerprint density at radius 2 is 1.80 bits per heavy atom. The van der Waals surface area contributed by atoms with Crippen LogP contribution in [0.15, 0.2) is 47.5 Å². The molecule has 0 saturated carbocycles. The van der Waals surface area contributed by atoms with E-state index in [1.54, 1.807) is 6.92 Å². The number of benzene rings is 3. The summed E-state index contributed by atoms with van der Waals surface area (Å²) in [6, 6.07) is 11.0. The van der Waals surface area contributed by atoms with Crippen LogP contribution in [-0.2, 0) is 22.3 Å². The van der Waals surface area contributed by atoms with Crippen LogP contribution in [-0.4, -0.2) is 131 Å². The molecule has 19 nitrogen and oxygen atoms in total. The van der Waals surface area contributed by atoms with Crippen molar-refractivity contribution >= 4 is 23.6 Å². The molecule has 0 amide bonds.